The summed E-state index contributed by atoms with van der Waals surface area (Å²) in [5.41, 5.74) is 0.378. The van der Waals surface area contributed by atoms with Crippen LogP contribution in [0.4, 0.5) is 0 Å². The number of sulfone groups is 1. The molecule has 7 heteroatoms. The monoisotopic (exact) mass is 365 g/mol. The highest BCUT2D eigenvalue weighted by Crippen LogP contribution is 2.24. The topological polar surface area (TPSA) is 54.5 Å². The average molecular weight is 367 g/mol. The van der Waals surface area contributed by atoms with Crippen LogP contribution < -0.4 is 0 Å². The maximum absolute atomic E-state index is 12.3. The predicted octanol–water partition coefficient (Wildman–Crippen LogP) is 2.36. The second-order valence-corrected chi connectivity index (χ2v) is 8.15. The van der Waals surface area contributed by atoms with E-state index in [-0.39, 0.29) is 23.5 Å². The van der Waals surface area contributed by atoms with Crippen molar-refractivity contribution in [1.82, 2.24) is 4.90 Å². The molecule has 1 fully saturated rings. The highest BCUT2D eigenvalue weighted by Gasteiger charge is 2.33. The van der Waals surface area contributed by atoms with Gasteiger partial charge in [-0.25, -0.2) is 8.42 Å². The Morgan fingerprint density at radius 1 is 1.47 bits per heavy atom. The fourth-order valence-electron chi connectivity index (χ4n) is 2.10. The Morgan fingerprint density at radius 2 is 2.16 bits per heavy atom. The molecule has 1 unspecified atom stereocenters. The van der Waals surface area contributed by atoms with Crippen LogP contribution in [0, 0.1) is 0 Å². The second-order valence-electron chi connectivity index (χ2n) is 4.60. The van der Waals surface area contributed by atoms with Crippen molar-refractivity contribution in [2.45, 2.75) is 12.5 Å². The molecule has 1 amide bonds. The summed E-state index contributed by atoms with van der Waals surface area (Å²) >= 11 is 9.30. The quantitative estimate of drug-likeness (QED) is 0.807. The van der Waals surface area contributed by atoms with E-state index >= 15 is 0 Å². The van der Waals surface area contributed by atoms with Crippen LogP contribution >= 0.6 is 27.5 Å². The highest BCUT2D eigenvalue weighted by molar-refractivity contribution is 9.10. The lowest BCUT2D eigenvalue weighted by molar-refractivity contribution is 0.0748. The van der Waals surface area contributed by atoms with Crippen molar-refractivity contribution >= 4 is 43.3 Å². The van der Waals surface area contributed by atoms with Gasteiger partial charge >= 0.3 is 0 Å². The third kappa shape index (κ3) is 3.30. The smallest absolute Gasteiger partial charge is 0.255 e. The molecule has 0 saturated carbocycles. The number of hydrogen-bond acceptors (Lipinski definition) is 3. The van der Waals surface area contributed by atoms with Crippen molar-refractivity contribution in [3.63, 3.8) is 0 Å². The first-order chi connectivity index (χ1) is 8.80. The molecule has 0 N–H and O–H groups in total. The number of nitrogens with zero attached hydrogens (tertiary/aromatic N) is 1. The number of amides is 1. The van der Waals surface area contributed by atoms with E-state index in [2.05, 4.69) is 15.9 Å². The summed E-state index contributed by atoms with van der Waals surface area (Å²) in [6, 6.07) is 4.76. The molecule has 1 aliphatic heterocycles. The molecule has 2 rings (SSSR count). The van der Waals surface area contributed by atoms with Crippen molar-refractivity contribution < 1.29 is 13.2 Å². The summed E-state index contributed by atoms with van der Waals surface area (Å²) < 4.78 is 23.7. The molecule has 1 aromatic carbocycles. The summed E-state index contributed by atoms with van der Waals surface area (Å²) in [5, 5.41) is 0.362. The van der Waals surface area contributed by atoms with Gasteiger partial charge in [-0.05, 0) is 24.6 Å². The Bertz CT molecular complexity index is 617. The van der Waals surface area contributed by atoms with Crippen molar-refractivity contribution in [3.05, 3.63) is 33.3 Å². The summed E-state index contributed by atoms with van der Waals surface area (Å²) in [6.45, 7) is 0. The van der Waals surface area contributed by atoms with E-state index in [1.54, 1.807) is 25.2 Å². The van der Waals surface area contributed by atoms with Crippen molar-refractivity contribution in [2.75, 3.05) is 18.6 Å². The second kappa shape index (κ2) is 5.42. The number of benzene rings is 1. The first-order valence-electron chi connectivity index (χ1n) is 5.73. The van der Waals surface area contributed by atoms with Crippen LogP contribution in [0.25, 0.3) is 0 Å². The Morgan fingerprint density at radius 3 is 2.74 bits per heavy atom. The molecule has 19 heavy (non-hydrogen) atoms. The molecule has 1 aliphatic rings. The summed E-state index contributed by atoms with van der Waals surface area (Å²) in [5.74, 6) is -0.0871. The molecule has 1 aromatic rings. The minimum absolute atomic E-state index is 0.0286. The fraction of sp³-hybridized carbons (Fsp3) is 0.417. The van der Waals surface area contributed by atoms with E-state index in [9.17, 15) is 13.2 Å². The van der Waals surface area contributed by atoms with Crippen LogP contribution in [0.3, 0.4) is 0 Å². The maximum Gasteiger partial charge on any atom is 0.255 e. The van der Waals surface area contributed by atoms with Gasteiger partial charge < -0.3 is 4.90 Å². The molecule has 0 radical (unpaired) electrons. The van der Waals surface area contributed by atoms with Gasteiger partial charge in [-0.15, -0.1) is 0 Å². The molecule has 104 valence electrons. The van der Waals surface area contributed by atoms with Crippen molar-refractivity contribution in [1.29, 1.82) is 0 Å². The van der Waals surface area contributed by atoms with E-state index in [1.807, 2.05) is 0 Å². The summed E-state index contributed by atoms with van der Waals surface area (Å²) in [6.07, 6.45) is 0.482. The van der Waals surface area contributed by atoms with Crippen LogP contribution in [0.5, 0.6) is 0 Å². The number of rotatable bonds is 2. The van der Waals surface area contributed by atoms with Gasteiger partial charge in [0.1, 0.15) is 0 Å². The molecule has 0 spiro atoms. The van der Waals surface area contributed by atoms with E-state index in [1.165, 1.54) is 4.90 Å². The minimum Gasteiger partial charge on any atom is -0.338 e. The van der Waals surface area contributed by atoms with E-state index in [0.717, 1.165) is 4.47 Å². The predicted molar refractivity (Wildman–Crippen MR) is 78.3 cm³/mol. The molecule has 1 saturated heterocycles. The summed E-state index contributed by atoms with van der Waals surface area (Å²) in [7, 11) is -1.39. The molecule has 0 aromatic heterocycles. The SMILES string of the molecule is CN(C(=O)c1cc(Br)ccc1Cl)C1CCS(=O)(=O)C1. The molecule has 0 bridgehead atoms. The van der Waals surface area contributed by atoms with E-state index < -0.39 is 9.84 Å². The summed E-state index contributed by atoms with van der Waals surface area (Å²) in [4.78, 5) is 13.8. The molecule has 1 heterocycles. The van der Waals surface area contributed by atoms with Crippen LogP contribution in [-0.4, -0.2) is 43.8 Å². The van der Waals surface area contributed by atoms with Gasteiger partial charge in [-0.3, -0.25) is 4.79 Å². The highest BCUT2D eigenvalue weighted by atomic mass is 79.9. The van der Waals surface area contributed by atoms with Gasteiger partial charge in [0.05, 0.1) is 22.1 Å². The van der Waals surface area contributed by atoms with Crippen LogP contribution in [0.15, 0.2) is 22.7 Å². The third-order valence-corrected chi connectivity index (χ3v) is 5.81. The van der Waals surface area contributed by atoms with Crippen molar-refractivity contribution in [3.8, 4) is 0 Å². The van der Waals surface area contributed by atoms with Gasteiger partial charge in [0, 0.05) is 17.6 Å². The van der Waals surface area contributed by atoms with Gasteiger partial charge in [0.2, 0.25) is 0 Å². The molecular weight excluding hydrogens is 354 g/mol. The lowest BCUT2D eigenvalue weighted by Gasteiger charge is -2.24. The Kier molecular flexibility index (Phi) is 4.23. The number of carbonyl (C=O) groups excluding carboxylic acids is 1. The normalized spacial score (nSPS) is 21.3. The Hall–Kier alpha value is -0.590. The zero-order valence-electron chi connectivity index (χ0n) is 10.3. The standard InChI is InChI=1S/C12H13BrClNO3S/c1-15(9-4-5-19(17,18)7-9)12(16)10-6-8(13)2-3-11(10)14/h2-3,6,9H,4-5,7H2,1H3. The van der Waals surface area contributed by atoms with Gasteiger partial charge in [0.25, 0.3) is 5.91 Å². The van der Waals surface area contributed by atoms with Crippen LogP contribution in [-0.2, 0) is 9.84 Å². The lowest BCUT2D eigenvalue weighted by Crippen LogP contribution is -2.37. The van der Waals surface area contributed by atoms with Crippen LogP contribution in [0.1, 0.15) is 16.8 Å². The first-order valence-corrected chi connectivity index (χ1v) is 8.72. The fourth-order valence-corrected chi connectivity index (χ4v) is 4.43. The van der Waals surface area contributed by atoms with E-state index in [0.29, 0.717) is 17.0 Å². The molecule has 0 aliphatic carbocycles. The first kappa shape index (κ1) is 14.8. The molecule has 1 atom stereocenters. The number of carbonyl (C=O) groups is 1. The number of halogens is 2. The largest absolute Gasteiger partial charge is 0.338 e. The Labute approximate surface area is 125 Å². The number of hydrogen-bond donors (Lipinski definition) is 0. The third-order valence-electron chi connectivity index (χ3n) is 3.24. The van der Waals surface area contributed by atoms with Crippen molar-refractivity contribution in [2.24, 2.45) is 0 Å². The van der Waals surface area contributed by atoms with Gasteiger partial charge in [-0.1, -0.05) is 27.5 Å². The van der Waals surface area contributed by atoms with Gasteiger partial charge in [0.15, 0.2) is 9.84 Å². The molecular formula is C12H13BrClNO3S. The lowest BCUT2D eigenvalue weighted by atomic mass is 10.1. The zero-order valence-corrected chi connectivity index (χ0v) is 13.4. The molecule has 4 nitrogen and oxygen atoms in total. The van der Waals surface area contributed by atoms with Crippen LogP contribution in [0.2, 0.25) is 5.02 Å². The maximum atomic E-state index is 12.3. The average Bonchev–Trinajstić information content (AvgIpc) is 2.71. The van der Waals surface area contributed by atoms with E-state index in [4.69, 9.17) is 11.6 Å². The minimum atomic E-state index is -3.01. The van der Waals surface area contributed by atoms with Gasteiger partial charge in [-0.2, -0.15) is 0 Å². The zero-order chi connectivity index (χ0) is 14.2. The Balaban J connectivity index is 2.22.